The number of ether oxygens (including phenoxy) is 1. The molecule has 2 saturated heterocycles. The highest BCUT2D eigenvalue weighted by Gasteiger charge is 2.72. The Balaban J connectivity index is 1.22. The summed E-state index contributed by atoms with van der Waals surface area (Å²) < 4.78 is 6.58. The third-order valence-electron chi connectivity index (χ3n) is 11.0. The molecular weight excluding hydrogens is 576 g/mol. The highest BCUT2D eigenvalue weighted by Crippen LogP contribution is 2.55. The maximum absolute atomic E-state index is 14.4. The monoisotopic (exact) mass is 626 g/mol. The number of likely N-dealkylation sites (tertiary alicyclic amines) is 1. The fourth-order valence-electron chi connectivity index (χ4n) is 8.22. The van der Waals surface area contributed by atoms with Crippen LogP contribution in [0.3, 0.4) is 0 Å². The van der Waals surface area contributed by atoms with Crippen LogP contribution in [0.15, 0.2) is 66.7 Å². The zero-order valence-electron chi connectivity index (χ0n) is 27.9. The second-order valence-electron chi connectivity index (χ2n) is 14.5. The predicted molar refractivity (Wildman–Crippen MR) is 180 cm³/mol. The maximum Gasteiger partial charge on any atom is 0.246 e. The van der Waals surface area contributed by atoms with Crippen molar-refractivity contribution in [3.05, 3.63) is 77.9 Å². The first kappa shape index (κ1) is 32.5. The normalized spacial score (nSPS) is 31.5. The van der Waals surface area contributed by atoms with E-state index in [1.165, 1.54) is 11.1 Å². The maximum atomic E-state index is 14.4. The molecule has 8 atom stereocenters. The highest BCUT2D eigenvalue weighted by atomic mass is 16.5. The van der Waals surface area contributed by atoms with Gasteiger partial charge in [-0.15, -0.1) is 0 Å². The van der Waals surface area contributed by atoms with Crippen LogP contribution < -0.4 is 10.6 Å². The summed E-state index contributed by atoms with van der Waals surface area (Å²) in [7, 11) is 2.07. The van der Waals surface area contributed by atoms with E-state index in [4.69, 9.17) is 4.74 Å². The summed E-state index contributed by atoms with van der Waals surface area (Å²) in [6, 6.07) is 17.4. The van der Waals surface area contributed by atoms with Crippen LogP contribution in [0.5, 0.6) is 0 Å². The molecule has 3 fully saturated rings. The van der Waals surface area contributed by atoms with Gasteiger partial charge in [-0.1, -0.05) is 95.2 Å². The van der Waals surface area contributed by atoms with Gasteiger partial charge >= 0.3 is 0 Å². The Morgan fingerprint density at radius 1 is 1.04 bits per heavy atom. The molecule has 1 saturated carbocycles. The van der Waals surface area contributed by atoms with E-state index in [1.54, 1.807) is 4.90 Å². The molecule has 3 heterocycles. The fourth-order valence-corrected chi connectivity index (χ4v) is 8.22. The molecule has 8 nitrogen and oxygen atoms in total. The lowest BCUT2D eigenvalue weighted by Crippen LogP contribution is -2.58. The van der Waals surface area contributed by atoms with Gasteiger partial charge in [0.05, 0.1) is 17.9 Å². The molecule has 2 bridgehead atoms. The van der Waals surface area contributed by atoms with Crippen LogP contribution in [0.1, 0.15) is 70.4 Å². The Morgan fingerprint density at radius 2 is 1.78 bits per heavy atom. The van der Waals surface area contributed by atoms with Crippen molar-refractivity contribution in [3.8, 4) is 0 Å². The first-order valence-corrected chi connectivity index (χ1v) is 17.2. The van der Waals surface area contributed by atoms with E-state index in [-0.39, 0.29) is 23.8 Å². The quantitative estimate of drug-likeness (QED) is 0.328. The lowest BCUT2D eigenvalue weighted by molar-refractivity contribution is -0.141. The van der Waals surface area contributed by atoms with Crippen LogP contribution >= 0.6 is 0 Å². The Hall–Kier alpha value is -3.49. The average Bonchev–Trinajstić information content (AvgIpc) is 3.67. The van der Waals surface area contributed by atoms with Crippen molar-refractivity contribution in [1.82, 2.24) is 15.1 Å². The molecule has 6 rings (SSSR count). The number of fused-ring (bicyclic) bond motifs is 1. The molecule has 0 radical (unpaired) electrons. The summed E-state index contributed by atoms with van der Waals surface area (Å²) in [5.74, 6) is -0.794. The molecule has 1 spiro atoms. The molecule has 3 amide bonds. The standard InChI is InChI=1S/C38H50N4O4/c1-24(2)28-15-17-29(18-16-28)39-35(43)32-31-19-20-38(46-31)33(32)37(45)42(22-10-21-41(5)23-27-12-7-6-8-13-27)34(38)36(44)40-30-14-9-11-25(3)26(30)4/h6-8,12-13,15-20,24-26,30-34H,9-11,14,21-23H2,1-5H3,(H,39,43)(H,40,44)/t25-,26-,30-,31+,32-,33+,34+,38+/m1/s1. The molecule has 1 aliphatic carbocycles. The smallest absolute Gasteiger partial charge is 0.246 e. The third-order valence-corrected chi connectivity index (χ3v) is 11.0. The molecule has 8 heteroatoms. The third kappa shape index (κ3) is 6.14. The predicted octanol–water partition coefficient (Wildman–Crippen LogP) is 5.36. The number of carbonyl (C=O) groups is 3. The first-order valence-electron chi connectivity index (χ1n) is 17.2. The number of rotatable bonds is 11. The van der Waals surface area contributed by atoms with Gasteiger partial charge in [0.2, 0.25) is 17.7 Å². The summed E-state index contributed by atoms with van der Waals surface area (Å²) in [6.07, 6.45) is 7.10. The minimum atomic E-state index is -1.16. The number of amides is 3. The van der Waals surface area contributed by atoms with Crippen molar-refractivity contribution in [2.45, 2.75) is 89.6 Å². The van der Waals surface area contributed by atoms with Crippen molar-refractivity contribution in [2.75, 3.05) is 25.5 Å². The highest BCUT2D eigenvalue weighted by molar-refractivity contribution is 6.02. The largest absolute Gasteiger partial charge is 0.359 e. The van der Waals surface area contributed by atoms with Crippen LogP contribution in [-0.4, -0.2) is 71.4 Å². The Kier molecular flexibility index (Phi) is 9.40. The second-order valence-corrected chi connectivity index (χ2v) is 14.5. The number of benzene rings is 2. The Morgan fingerprint density at radius 3 is 2.50 bits per heavy atom. The van der Waals surface area contributed by atoms with Gasteiger partial charge in [0.15, 0.2) is 0 Å². The minimum Gasteiger partial charge on any atom is -0.359 e. The lowest BCUT2D eigenvalue weighted by Gasteiger charge is -2.38. The van der Waals surface area contributed by atoms with Gasteiger partial charge in [-0.2, -0.15) is 0 Å². The number of carbonyl (C=O) groups excluding carboxylic acids is 3. The van der Waals surface area contributed by atoms with E-state index in [2.05, 4.69) is 62.4 Å². The Bertz CT molecular complexity index is 1440. The van der Waals surface area contributed by atoms with E-state index in [9.17, 15) is 14.4 Å². The van der Waals surface area contributed by atoms with Gasteiger partial charge in [0.1, 0.15) is 11.6 Å². The summed E-state index contributed by atoms with van der Waals surface area (Å²) in [5.41, 5.74) is 1.95. The van der Waals surface area contributed by atoms with Crippen molar-refractivity contribution in [1.29, 1.82) is 0 Å². The van der Waals surface area contributed by atoms with Crippen molar-refractivity contribution in [3.63, 3.8) is 0 Å². The minimum absolute atomic E-state index is 0.0520. The summed E-state index contributed by atoms with van der Waals surface area (Å²) in [5, 5.41) is 6.40. The zero-order valence-corrected chi connectivity index (χ0v) is 27.9. The molecule has 246 valence electrons. The topological polar surface area (TPSA) is 91.0 Å². The van der Waals surface area contributed by atoms with Crippen LogP contribution in [0.2, 0.25) is 0 Å². The van der Waals surface area contributed by atoms with E-state index < -0.39 is 29.6 Å². The number of nitrogens with zero attached hydrogens (tertiary/aromatic N) is 2. The molecule has 2 N–H and O–H groups in total. The van der Waals surface area contributed by atoms with Crippen molar-refractivity contribution >= 4 is 23.4 Å². The van der Waals surface area contributed by atoms with Gasteiger partial charge in [-0.25, -0.2) is 0 Å². The lowest BCUT2D eigenvalue weighted by atomic mass is 9.73. The Labute approximate surface area is 273 Å². The summed E-state index contributed by atoms with van der Waals surface area (Å²) >= 11 is 0. The van der Waals surface area contributed by atoms with Gasteiger partial charge < -0.3 is 25.2 Å². The number of hydrogen-bond acceptors (Lipinski definition) is 5. The molecule has 3 aliphatic heterocycles. The summed E-state index contributed by atoms with van der Waals surface area (Å²) in [4.78, 5) is 46.5. The van der Waals surface area contributed by atoms with Crippen LogP contribution in [0, 0.1) is 23.7 Å². The van der Waals surface area contributed by atoms with Crippen molar-refractivity contribution in [2.24, 2.45) is 23.7 Å². The van der Waals surface area contributed by atoms with Gasteiger partial charge in [-0.3, -0.25) is 14.4 Å². The van der Waals surface area contributed by atoms with Gasteiger partial charge in [0, 0.05) is 24.8 Å². The molecular formula is C38H50N4O4. The van der Waals surface area contributed by atoms with E-state index in [0.29, 0.717) is 36.4 Å². The number of anilines is 1. The van der Waals surface area contributed by atoms with Crippen molar-refractivity contribution < 1.29 is 19.1 Å². The molecule has 4 aliphatic rings. The van der Waals surface area contributed by atoms with E-state index in [1.807, 2.05) is 54.6 Å². The zero-order chi connectivity index (χ0) is 32.6. The van der Waals surface area contributed by atoms with Gasteiger partial charge in [0.25, 0.3) is 0 Å². The van der Waals surface area contributed by atoms with Crippen LogP contribution in [-0.2, 0) is 25.7 Å². The van der Waals surface area contributed by atoms with Gasteiger partial charge in [-0.05, 0) is 67.4 Å². The van der Waals surface area contributed by atoms with E-state index >= 15 is 0 Å². The first-order chi connectivity index (χ1) is 22.1. The van der Waals surface area contributed by atoms with Crippen LogP contribution in [0.25, 0.3) is 0 Å². The number of hydrogen-bond donors (Lipinski definition) is 2. The molecule has 0 unspecified atom stereocenters. The fraction of sp³-hybridized carbons (Fsp3) is 0.553. The second kappa shape index (κ2) is 13.3. The number of nitrogens with one attached hydrogen (secondary N) is 2. The van der Waals surface area contributed by atoms with E-state index in [0.717, 1.165) is 32.4 Å². The average molecular weight is 627 g/mol. The molecule has 46 heavy (non-hydrogen) atoms. The molecule has 0 aromatic heterocycles. The molecule has 2 aromatic rings. The molecule has 2 aromatic carbocycles. The SMILES string of the molecule is CC(C)c1ccc(NC(=O)[C@@H]2[C@@H]3C=C[C@]4(O3)[C@@H]2C(=O)N(CCCN(C)Cc2ccccc2)[C@H]4C(=O)N[C@@H]2CCC[C@@H](C)[C@H]2C)cc1. The summed E-state index contributed by atoms with van der Waals surface area (Å²) in [6.45, 7) is 10.7. The van der Waals surface area contributed by atoms with Crippen LogP contribution in [0.4, 0.5) is 5.69 Å².